The van der Waals surface area contributed by atoms with E-state index < -0.39 is 23.2 Å². The van der Waals surface area contributed by atoms with Gasteiger partial charge in [0.25, 0.3) is 0 Å². The molecule has 3 aliphatic carbocycles. The molecule has 3 aromatic rings. The molecule has 1 saturated carbocycles. The number of hydrogen-bond donors (Lipinski definition) is 2. The van der Waals surface area contributed by atoms with E-state index in [2.05, 4.69) is 26.0 Å². The number of carbonyl (C=O) groups is 2. The van der Waals surface area contributed by atoms with Gasteiger partial charge in [-0.2, -0.15) is 0 Å². The van der Waals surface area contributed by atoms with Gasteiger partial charge in [0.2, 0.25) is 5.78 Å². The number of thiophene rings is 1. The summed E-state index contributed by atoms with van der Waals surface area (Å²) in [4.78, 5) is 29.9. The first-order valence-corrected chi connectivity index (χ1v) is 17.5. The number of methoxy groups -OCH3 is 1. The molecule has 1 amide bonds. The zero-order valence-electron chi connectivity index (χ0n) is 27.7. The largest absolute Gasteiger partial charge is 0.450 e. The Kier molecular flexibility index (Phi) is 11.0. The molecule has 1 fully saturated rings. The van der Waals surface area contributed by atoms with Crippen molar-refractivity contribution in [1.82, 2.24) is 4.90 Å². The third kappa shape index (κ3) is 7.25. The molecule has 7 nitrogen and oxygen atoms in total. The van der Waals surface area contributed by atoms with E-state index in [0.29, 0.717) is 62.1 Å². The van der Waals surface area contributed by atoms with Crippen molar-refractivity contribution in [1.29, 1.82) is 0 Å². The lowest BCUT2D eigenvalue weighted by atomic mass is 9.64. The molecule has 6 rings (SSSR count). The summed E-state index contributed by atoms with van der Waals surface area (Å²) in [7, 11) is 1.64. The van der Waals surface area contributed by atoms with Crippen LogP contribution in [-0.4, -0.2) is 72.1 Å². The molecular formula is C38H49NO6S. The van der Waals surface area contributed by atoms with Gasteiger partial charge in [0, 0.05) is 35.9 Å². The number of allylic oxidation sites excluding steroid dienone is 2. The van der Waals surface area contributed by atoms with E-state index in [1.807, 2.05) is 42.5 Å². The van der Waals surface area contributed by atoms with Crippen LogP contribution in [-0.2, 0) is 15.9 Å². The van der Waals surface area contributed by atoms with Crippen molar-refractivity contribution < 1.29 is 29.3 Å². The van der Waals surface area contributed by atoms with Crippen molar-refractivity contribution in [3.05, 3.63) is 81.7 Å². The number of amides is 1. The molecule has 2 bridgehead atoms. The smallest absolute Gasteiger partial charge is 0.409 e. The maximum absolute atomic E-state index is 14.4. The number of rotatable bonds is 9. The average Bonchev–Trinajstić information content (AvgIpc) is 3.58. The molecule has 2 aromatic carbocycles. The third-order valence-electron chi connectivity index (χ3n) is 10.3. The fourth-order valence-electron chi connectivity index (χ4n) is 7.59. The van der Waals surface area contributed by atoms with Crippen LogP contribution >= 0.6 is 11.3 Å². The van der Waals surface area contributed by atoms with Crippen LogP contribution in [0.3, 0.4) is 0 Å². The van der Waals surface area contributed by atoms with Crippen molar-refractivity contribution in [2.24, 2.45) is 5.41 Å². The van der Waals surface area contributed by atoms with E-state index in [9.17, 15) is 19.8 Å². The quantitative estimate of drug-likeness (QED) is 0.141. The van der Waals surface area contributed by atoms with E-state index in [0.717, 1.165) is 34.1 Å². The third-order valence-corrected chi connectivity index (χ3v) is 11.4. The van der Waals surface area contributed by atoms with Gasteiger partial charge >= 0.3 is 6.09 Å². The highest BCUT2D eigenvalue weighted by molar-refractivity contribution is 7.21. The topological polar surface area (TPSA) is 96.3 Å². The predicted molar refractivity (Wildman–Crippen MR) is 184 cm³/mol. The minimum atomic E-state index is -1.21. The van der Waals surface area contributed by atoms with Gasteiger partial charge in [-0.25, -0.2) is 4.79 Å². The normalized spacial score (nSPS) is 25.1. The van der Waals surface area contributed by atoms with Gasteiger partial charge < -0.3 is 24.6 Å². The van der Waals surface area contributed by atoms with Crippen LogP contribution in [0.1, 0.15) is 98.0 Å². The molecule has 248 valence electrons. The van der Waals surface area contributed by atoms with Gasteiger partial charge in [-0.15, -0.1) is 11.3 Å². The standard InChI is InChI=1S/C38H49NO6S/c1-5-45-36(42)39(20-9-21-44-4)25-38(43)19-17-32-30-16-14-27(22-29(40)15-13-26(2)10-8-18-37(32,38)3)23-31(30)35(41)34-24-28-11-6-7-12-33(28)46-34/h6-7,10-12,14,16,23-24,29,32,40,43H,5,8-9,13,15,17-22,25H2,1-4H3/t29-,32-,37-,38+/m0/s1. The van der Waals surface area contributed by atoms with Crippen LogP contribution in [0.4, 0.5) is 4.79 Å². The molecule has 1 heterocycles. The van der Waals surface area contributed by atoms with E-state index >= 15 is 0 Å². The molecule has 2 N–H and O–H groups in total. The average molecular weight is 648 g/mol. The monoisotopic (exact) mass is 647 g/mol. The summed E-state index contributed by atoms with van der Waals surface area (Å²) in [5, 5.41) is 24.6. The van der Waals surface area contributed by atoms with Gasteiger partial charge in [0.05, 0.1) is 29.7 Å². The van der Waals surface area contributed by atoms with E-state index in [4.69, 9.17) is 9.47 Å². The summed E-state index contributed by atoms with van der Waals surface area (Å²) in [6.45, 7) is 7.36. The minimum Gasteiger partial charge on any atom is -0.450 e. The lowest BCUT2D eigenvalue weighted by Gasteiger charge is -2.46. The van der Waals surface area contributed by atoms with Crippen molar-refractivity contribution in [3.63, 3.8) is 0 Å². The lowest BCUT2D eigenvalue weighted by molar-refractivity contribution is -0.0814. The molecule has 0 spiro atoms. The Balaban J connectivity index is 1.59. The zero-order valence-corrected chi connectivity index (χ0v) is 28.5. The summed E-state index contributed by atoms with van der Waals surface area (Å²) in [5.41, 5.74) is 1.88. The van der Waals surface area contributed by atoms with Gasteiger partial charge in [-0.3, -0.25) is 4.79 Å². The number of aliphatic hydroxyl groups excluding tert-OH is 1. The first-order valence-electron chi connectivity index (χ1n) is 16.7. The van der Waals surface area contributed by atoms with Gasteiger partial charge in [-0.05, 0) is 106 Å². The molecule has 0 aliphatic heterocycles. The van der Waals surface area contributed by atoms with Crippen molar-refractivity contribution in [3.8, 4) is 0 Å². The summed E-state index contributed by atoms with van der Waals surface area (Å²) in [5.74, 6) is -0.148. The maximum Gasteiger partial charge on any atom is 0.409 e. The summed E-state index contributed by atoms with van der Waals surface area (Å²) in [6.07, 6.45) is 6.43. The van der Waals surface area contributed by atoms with Gasteiger partial charge in [0.15, 0.2) is 0 Å². The van der Waals surface area contributed by atoms with Crippen LogP contribution in [0.15, 0.2) is 60.2 Å². The van der Waals surface area contributed by atoms with Gasteiger partial charge in [-0.1, -0.05) is 48.9 Å². The van der Waals surface area contributed by atoms with E-state index in [-0.39, 0.29) is 24.9 Å². The Morgan fingerprint density at radius 3 is 2.67 bits per heavy atom. The second-order valence-corrected chi connectivity index (χ2v) is 14.5. The van der Waals surface area contributed by atoms with Crippen LogP contribution in [0.2, 0.25) is 0 Å². The molecule has 4 atom stereocenters. The number of fused-ring (bicyclic) bond motifs is 9. The first kappa shape index (κ1) is 34.3. The highest BCUT2D eigenvalue weighted by Gasteiger charge is 2.57. The molecular weight excluding hydrogens is 598 g/mol. The zero-order chi connectivity index (χ0) is 32.9. The highest BCUT2D eigenvalue weighted by Crippen LogP contribution is 2.59. The molecule has 46 heavy (non-hydrogen) atoms. The maximum atomic E-state index is 14.4. The highest BCUT2D eigenvalue weighted by atomic mass is 32.1. The fourth-order valence-corrected chi connectivity index (χ4v) is 8.61. The predicted octanol–water partition coefficient (Wildman–Crippen LogP) is 7.67. The number of ether oxygens (including phenoxy) is 2. The number of hydrogen-bond acceptors (Lipinski definition) is 7. The Bertz CT molecular complexity index is 1530. The Labute approximate surface area is 277 Å². The molecule has 8 heteroatoms. The number of aliphatic hydroxyl groups is 2. The summed E-state index contributed by atoms with van der Waals surface area (Å²) in [6, 6.07) is 16.1. The Morgan fingerprint density at radius 1 is 1.11 bits per heavy atom. The number of carbonyl (C=O) groups excluding carboxylic acids is 2. The Morgan fingerprint density at radius 2 is 1.91 bits per heavy atom. The van der Waals surface area contributed by atoms with Crippen molar-refractivity contribution >= 4 is 33.3 Å². The van der Waals surface area contributed by atoms with E-state index in [1.54, 1.807) is 18.9 Å². The molecule has 0 unspecified atom stereocenters. The van der Waals surface area contributed by atoms with Crippen molar-refractivity contribution in [2.75, 3.05) is 33.4 Å². The van der Waals surface area contributed by atoms with E-state index in [1.165, 1.54) is 16.9 Å². The lowest BCUT2D eigenvalue weighted by Crippen LogP contribution is -2.54. The minimum absolute atomic E-state index is 0.0270. The van der Waals surface area contributed by atoms with Crippen LogP contribution in [0, 0.1) is 5.41 Å². The number of benzene rings is 2. The summed E-state index contributed by atoms with van der Waals surface area (Å²) < 4.78 is 11.7. The number of nitrogens with zero attached hydrogens (tertiary/aromatic N) is 1. The Hall–Kier alpha value is -3.04. The molecule has 0 radical (unpaired) electrons. The van der Waals surface area contributed by atoms with Crippen molar-refractivity contribution in [2.45, 2.75) is 89.8 Å². The molecule has 3 aliphatic rings. The SMILES string of the molecule is CCOC(=O)N(CCCOC)C[C@]1(O)CC[C@H]2c3ccc(cc3C(=O)c3cc4ccccc4s3)C[C@@H](O)CCC(C)=CCC[C@@]21C. The fraction of sp³-hybridized carbons (Fsp3) is 0.526. The summed E-state index contributed by atoms with van der Waals surface area (Å²) >= 11 is 1.50. The van der Waals surface area contributed by atoms with Crippen LogP contribution < -0.4 is 0 Å². The first-order chi connectivity index (χ1) is 22.1. The van der Waals surface area contributed by atoms with Gasteiger partial charge in [0.1, 0.15) is 0 Å². The second-order valence-electron chi connectivity index (χ2n) is 13.4. The van der Waals surface area contributed by atoms with Crippen LogP contribution in [0.25, 0.3) is 10.1 Å². The van der Waals surface area contributed by atoms with Crippen LogP contribution in [0.5, 0.6) is 0 Å². The second kappa shape index (κ2) is 14.8. The molecule has 1 aromatic heterocycles. The number of ketones is 1. The molecule has 0 saturated heterocycles.